The smallest absolute Gasteiger partial charge is 0.0480 e. The van der Waals surface area contributed by atoms with E-state index in [2.05, 4.69) is 19.2 Å². The van der Waals surface area contributed by atoms with Crippen molar-refractivity contribution in [3.63, 3.8) is 0 Å². The van der Waals surface area contributed by atoms with Crippen LogP contribution in [0.4, 0.5) is 0 Å². The van der Waals surface area contributed by atoms with Gasteiger partial charge in [0.05, 0.1) is 0 Å². The molecule has 1 N–H and O–H groups in total. The lowest BCUT2D eigenvalue weighted by molar-refractivity contribution is 0.100. The number of nitrogens with one attached hydrogen (secondary N) is 1. The van der Waals surface area contributed by atoms with E-state index in [1.165, 1.54) is 25.7 Å². The molecule has 1 aliphatic carbocycles. The third-order valence-electron chi connectivity index (χ3n) is 3.14. The summed E-state index contributed by atoms with van der Waals surface area (Å²) in [6.07, 6.45) is 6.75. The Bertz CT molecular complexity index is 134. The first-order chi connectivity index (χ1) is 6.83. The first-order valence-electron chi connectivity index (χ1n) is 6.14. The highest BCUT2D eigenvalue weighted by Crippen LogP contribution is 2.29. The first kappa shape index (κ1) is 12.0. The molecule has 1 aliphatic rings. The van der Waals surface area contributed by atoms with Gasteiger partial charge in [-0.1, -0.05) is 26.2 Å². The second-order valence-corrected chi connectivity index (χ2v) is 4.45. The SMILES string of the molecule is CCNC(C)CCOCCC1CCC1. The van der Waals surface area contributed by atoms with Gasteiger partial charge in [-0.2, -0.15) is 0 Å². The van der Waals surface area contributed by atoms with Gasteiger partial charge in [-0.3, -0.25) is 0 Å². The minimum Gasteiger partial charge on any atom is -0.381 e. The highest BCUT2D eigenvalue weighted by atomic mass is 16.5. The Morgan fingerprint density at radius 3 is 2.71 bits per heavy atom. The average Bonchev–Trinajstić information content (AvgIpc) is 2.08. The molecule has 1 rings (SSSR count). The molecule has 1 unspecified atom stereocenters. The standard InChI is InChI=1S/C12H25NO/c1-3-13-11(2)7-9-14-10-8-12-5-4-6-12/h11-13H,3-10H2,1-2H3. The van der Waals surface area contributed by atoms with Crippen LogP contribution in [0.1, 0.15) is 46.0 Å². The lowest BCUT2D eigenvalue weighted by atomic mass is 9.83. The molecule has 0 bridgehead atoms. The Kier molecular flexibility index (Phi) is 6.20. The molecule has 84 valence electrons. The van der Waals surface area contributed by atoms with Crippen LogP contribution in [0.5, 0.6) is 0 Å². The molecule has 0 aromatic carbocycles. The number of hydrogen-bond donors (Lipinski definition) is 1. The summed E-state index contributed by atoms with van der Waals surface area (Å²) in [6.45, 7) is 7.32. The van der Waals surface area contributed by atoms with Crippen LogP contribution in [0.25, 0.3) is 0 Å². The molecule has 0 heterocycles. The molecule has 14 heavy (non-hydrogen) atoms. The lowest BCUT2D eigenvalue weighted by Gasteiger charge is -2.25. The minimum atomic E-state index is 0.601. The zero-order chi connectivity index (χ0) is 10.2. The Morgan fingerprint density at radius 1 is 1.36 bits per heavy atom. The first-order valence-corrected chi connectivity index (χ1v) is 6.14. The molecule has 1 atom stereocenters. The summed E-state index contributed by atoms with van der Waals surface area (Å²) in [5.41, 5.74) is 0. The fourth-order valence-corrected chi connectivity index (χ4v) is 1.84. The Hall–Kier alpha value is -0.0800. The zero-order valence-corrected chi connectivity index (χ0v) is 9.72. The molecular weight excluding hydrogens is 174 g/mol. The Balaban J connectivity index is 1.78. The van der Waals surface area contributed by atoms with E-state index < -0.39 is 0 Å². The van der Waals surface area contributed by atoms with Crippen LogP contribution in [-0.2, 0) is 4.74 Å². The van der Waals surface area contributed by atoms with Crippen molar-refractivity contribution in [1.82, 2.24) is 5.32 Å². The van der Waals surface area contributed by atoms with Crippen molar-refractivity contribution < 1.29 is 4.74 Å². The van der Waals surface area contributed by atoms with Gasteiger partial charge in [-0.25, -0.2) is 0 Å². The second-order valence-electron chi connectivity index (χ2n) is 4.45. The predicted molar refractivity (Wildman–Crippen MR) is 60.5 cm³/mol. The molecule has 1 fully saturated rings. The van der Waals surface area contributed by atoms with E-state index in [0.29, 0.717) is 6.04 Å². The summed E-state index contributed by atoms with van der Waals surface area (Å²) < 4.78 is 5.62. The topological polar surface area (TPSA) is 21.3 Å². The summed E-state index contributed by atoms with van der Waals surface area (Å²) in [7, 11) is 0. The van der Waals surface area contributed by atoms with Gasteiger partial charge in [0.15, 0.2) is 0 Å². The van der Waals surface area contributed by atoms with Crippen molar-refractivity contribution in [3.05, 3.63) is 0 Å². The Morgan fingerprint density at radius 2 is 2.14 bits per heavy atom. The summed E-state index contributed by atoms with van der Waals surface area (Å²) in [5.74, 6) is 0.987. The van der Waals surface area contributed by atoms with E-state index in [-0.39, 0.29) is 0 Å². The van der Waals surface area contributed by atoms with Crippen LogP contribution in [0.15, 0.2) is 0 Å². The molecule has 0 amide bonds. The molecular formula is C12H25NO. The van der Waals surface area contributed by atoms with Gasteiger partial charge >= 0.3 is 0 Å². The highest BCUT2D eigenvalue weighted by Gasteiger charge is 2.16. The van der Waals surface area contributed by atoms with Gasteiger partial charge in [-0.15, -0.1) is 0 Å². The van der Waals surface area contributed by atoms with Crippen LogP contribution in [0.3, 0.4) is 0 Å². The molecule has 0 aromatic rings. The molecule has 2 nitrogen and oxygen atoms in total. The fraction of sp³-hybridized carbons (Fsp3) is 1.00. The summed E-state index contributed by atoms with van der Waals surface area (Å²) in [4.78, 5) is 0. The number of rotatable bonds is 8. The van der Waals surface area contributed by atoms with Crippen LogP contribution in [0, 0.1) is 5.92 Å². The van der Waals surface area contributed by atoms with Gasteiger partial charge < -0.3 is 10.1 Å². The summed E-state index contributed by atoms with van der Waals surface area (Å²) in [6, 6.07) is 0.601. The van der Waals surface area contributed by atoms with E-state index in [4.69, 9.17) is 4.74 Å². The monoisotopic (exact) mass is 199 g/mol. The average molecular weight is 199 g/mol. The van der Waals surface area contributed by atoms with E-state index in [0.717, 1.165) is 32.1 Å². The summed E-state index contributed by atoms with van der Waals surface area (Å²) in [5, 5.41) is 3.39. The minimum absolute atomic E-state index is 0.601. The maximum atomic E-state index is 5.62. The van der Waals surface area contributed by atoms with Crippen molar-refractivity contribution in [2.24, 2.45) is 5.92 Å². The Labute approximate surface area is 88.4 Å². The van der Waals surface area contributed by atoms with Crippen molar-refractivity contribution in [2.75, 3.05) is 19.8 Å². The van der Waals surface area contributed by atoms with Gasteiger partial charge in [0.1, 0.15) is 0 Å². The van der Waals surface area contributed by atoms with Gasteiger partial charge in [0, 0.05) is 19.3 Å². The van der Waals surface area contributed by atoms with Crippen molar-refractivity contribution >= 4 is 0 Å². The van der Waals surface area contributed by atoms with Gasteiger partial charge in [0.2, 0.25) is 0 Å². The van der Waals surface area contributed by atoms with E-state index in [1.54, 1.807) is 0 Å². The van der Waals surface area contributed by atoms with Crippen molar-refractivity contribution in [3.8, 4) is 0 Å². The molecule has 1 saturated carbocycles. The molecule has 0 spiro atoms. The normalized spacial score (nSPS) is 19.3. The molecule has 0 saturated heterocycles. The lowest BCUT2D eigenvalue weighted by Crippen LogP contribution is -2.27. The second kappa shape index (κ2) is 7.24. The third-order valence-corrected chi connectivity index (χ3v) is 3.14. The quantitative estimate of drug-likeness (QED) is 0.607. The van der Waals surface area contributed by atoms with Crippen molar-refractivity contribution in [1.29, 1.82) is 0 Å². The van der Waals surface area contributed by atoms with Crippen LogP contribution in [-0.4, -0.2) is 25.8 Å². The van der Waals surface area contributed by atoms with Gasteiger partial charge in [-0.05, 0) is 32.2 Å². The van der Waals surface area contributed by atoms with E-state index >= 15 is 0 Å². The van der Waals surface area contributed by atoms with Crippen LogP contribution in [0.2, 0.25) is 0 Å². The maximum Gasteiger partial charge on any atom is 0.0480 e. The van der Waals surface area contributed by atoms with Crippen LogP contribution >= 0.6 is 0 Å². The number of hydrogen-bond acceptors (Lipinski definition) is 2. The zero-order valence-electron chi connectivity index (χ0n) is 9.72. The number of ether oxygens (including phenoxy) is 1. The molecule has 0 aromatic heterocycles. The van der Waals surface area contributed by atoms with E-state index in [1.807, 2.05) is 0 Å². The maximum absolute atomic E-state index is 5.62. The van der Waals surface area contributed by atoms with Crippen LogP contribution < -0.4 is 5.32 Å². The van der Waals surface area contributed by atoms with Crippen molar-refractivity contribution in [2.45, 2.75) is 52.0 Å². The molecule has 0 aliphatic heterocycles. The largest absolute Gasteiger partial charge is 0.381 e. The molecule has 2 heteroatoms. The summed E-state index contributed by atoms with van der Waals surface area (Å²) >= 11 is 0. The van der Waals surface area contributed by atoms with E-state index in [9.17, 15) is 0 Å². The molecule has 0 radical (unpaired) electrons. The predicted octanol–water partition coefficient (Wildman–Crippen LogP) is 2.58. The van der Waals surface area contributed by atoms with Gasteiger partial charge in [0.25, 0.3) is 0 Å². The highest BCUT2D eigenvalue weighted by molar-refractivity contribution is 4.68. The fourth-order valence-electron chi connectivity index (χ4n) is 1.84. The third kappa shape index (κ3) is 4.97.